The van der Waals surface area contributed by atoms with Gasteiger partial charge in [0, 0.05) is 23.2 Å². The van der Waals surface area contributed by atoms with Crippen LogP contribution in [0.25, 0.3) is 12.2 Å². The molecule has 142 valence electrons. The zero-order valence-electron chi connectivity index (χ0n) is 15.1. The molecule has 0 fully saturated rings. The fraction of sp³-hybridized carbons (Fsp3) is 0.100. The van der Waals surface area contributed by atoms with Crippen molar-refractivity contribution < 1.29 is 19.6 Å². The lowest BCUT2D eigenvalue weighted by atomic mass is 10.1. The Kier molecular flexibility index (Phi) is 5.51. The third kappa shape index (κ3) is 4.41. The molecule has 0 saturated heterocycles. The third-order valence-electron chi connectivity index (χ3n) is 3.91. The highest BCUT2D eigenvalue weighted by molar-refractivity contribution is 7.14. The van der Waals surface area contributed by atoms with Gasteiger partial charge in [0.1, 0.15) is 11.5 Å². The fourth-order valence-corrected chi connectivity index (χ4v) is 3.20. The van der Waals surface area contributed by atoms with Gasteiger partial charge in [0.05, 0.1) is 4.92 Å². The second kappa shape index (κ2) is 8.01. The lowest BCUT2D eigenvalue weighted by molar-refractivity contribution is -0.384. The van der Waals surface area contributed by atoms with E-state index in [9.17, 15) is 20.0 Å². The number of hydrogen-bond donors (Lipinski definition) is 1. The van der Waals surface area contributed by atoms with E-state index in [0.717, 1.165) is 21.6 Å². The summed E-state index contributed by atoms with van der Waals surface area (Å²) in [6.45, 7) is 3.66. The molecule has 2 aromatic carbocycles. The van der Waals surface area contributed by atoms with E-state index in [1.165, 1.54) is 35.6 Å². The van der Waals surface area contributed by atoms with E-state index in [1.54, 1.807) is 6.20 Å². The third-order valence-corrected chi connectivity index (χ3v) is 4.85. The lowest BCUT2D eigenvalue weighted by Gasteiger charge is -2.04. The van der Waals surface area contributed by atoms with Crippen molar-refractivity contribution in [1.29, 1.82) is 0 Å². The Hall–Kier alpha value is -3.52. The highest BCUT2D eigenvalue weighted by Crippen LogP contribution is 2.25. The fourth-order valence-electron chi connectivity index (χ4n) is 2.51. The number of aromatic nitrogens is 1. The number of aromatic hydroxyl groups is 1. The number of carbonyl (C=O) groups excluding carboxylic acids is 1. The maximum absolute atomic E-state index is 12.2. The van der Waals surface area contributed by atoms with Gasteiger partial charge in [-0.3, -0.25) is 10.1 Å². The molecular weight excluding hydrogens is 380 g/mol. The van der Waals surface area contributed by atoms with Gasteiger partial charge in [-0.15, -0.1) is 11.3 Å². The second-order valence-corrected chi connectivity index (χ2v) is 7.11. The highest BCUT2D eigenvalue weighted by Gasteiger charge is 2.14. The van der Waals surface area contributed by atoms with Gasteiger partial charge in [0.25, 0.3) is 5.69 Å². The Morgan fingerprint density at radius 3 is 2.43 bits per heavy atom. The van der Waals surface area contributed by atoms with Gasteiger partial charge in [-0.05, 0) is 60.9 Å². The number of thiazole rings is 1. The molecule has 0 amide bonds. The van der Waals surface area contributed by atoms with Crippen LogP contribution in [0.5, 0.6) is 11.5 Å². The maximum atomic E-state index is 12.2. The predicted octanol–water partition coefficient (Wildman–Crippen LogP) is 4.76. The Morgan fingerprint density at radius 2 is 1.82 bits per heavy atom. The lowest BCUT2D eigenvalue weighted by Crippen LogP contribution is -2.07. The molecule has 0 saturated carbocycles. The molecule has 0 radical (unpaired) electrons. The molecule has 8 heteroatoms. The van der Waals surface area contributed by atoms with E-state index in [-0.39, 0.29) is 22.2 Å². The molecule has 0 aliphatic rings. The first-order valence-electron chi connectivity index (χ1n) is 8.24. The number of hydrogen-bond acceptors (Lipinski definition) is 7. The Morgan fingerprint density at radius 1 is 1.18 bits per heavy atom. The summed E-state index contributed by atoms with van der Waals surface area (Å²) < 4.78 is 5.19. The molecule has 0 bridgehead atoms. The largest absolute Gasteiger partial charge is 0.507 e. The van der Waals surface area contributed by atoms with E-state index < -0.39 is 10.9 Å². The zero-order valence-corrected chi connectivity index (χ0v) is 15.9. The average molecular weight is 396 g/mol. The molecule has 0 unspecified atom stereocenters. The highest BCUT2D eigenvalue weighted by atomic mass is 32.1. The normalized spacial score (nSPS) is 10.9. The number of non-ortho nitro benzene ring substituents is 1. The van der Waals surface area contributed by atoms with Crippen molar-refractivity contribution >= 4 is 35.1 Å². The number of esters is 1. The van der Waals surface area contributed by atoms with Gasteiger partial charge in [0.2, 0.25) is 5.01 Å². The van der Waals surface area contributed by atoms with Gasteiger partial charge in [-0.1, -0.05) is 6.08 Å². The van der Waals surface area contributed by atoms with Crippen molar-refractivity contribution in [3.8, 4) is 11.5 Å². The molecule has 0 spiro atoms. The molecule has 1 aromatic heterocycles. The standard InChI is InChI=1S/C20H16N2O5S/c1-12-9-14(10-13(2)18(12)23)3-8-17-11-21-19(28-17)20(24)27-16-6-4-15(5-7-16)22(25)26/h3-11,23H,1-2H3. The number of nitro benzene ring substituents is 1. The van der Waals surface area contributed by atoms with E-state index in [4.69, 9.17) is 4.74 Å². The van der Waals surface area contributed by atoms with Crippen molar-refractivity contribution in [1.82, 2.24) is 4.98 Å². The van der Waals surface area contributed by atoms with E-state index >= 15 is 0 Å². The first-order chi connectivity index (χ1) is 13.3. The number of carbonyl (C=O) groups is 1. The van der Waals surface area contributed by atoms with Crippen LogP contribution in [0.15, 0.2) is 42.6 Å². The predicted molar refractivity (Wildman–Crippen MR) is 107 cm³/mol. The van der Waals surface area contributed by atoms with Gasteiger partial charge in [0.15, 0.2) is 0 Å². The summed E-state index contributed by atoms with van der Waals surface area (Å²) in [5.74, 6) is -0.140. The summed E-state index contributed by atoms with van der Waals surface area (Å²) in [5, 5.41) is 20.7. The molecule has 0 aliphatic heterocycles. The average Bonchev–Trinajstić information content (AvgIpc) is 3.14. The number of aryl methyl sites for hydroxylation is 2. The summed E-state index contributed by atoms with van der Waals surface area (Å²) in [6, 6.07) is 8.98. The number of benzene rings is 2. The molecule has 3 rings (SSSR count). The molecule has 1 N–H and O–H groups in total. The van der Waals surface area contributed by atoms with E-state index in [1.807, 2.05) is 38.1 Å². The second-order valence-electron chi connectivity index (χ2n) is 6.04. The summed E-state index contributed by atoms with van der Waals surface area (Å²) in [4.78, 5) is 27.1. The molecular formula is C20H16N2O5S. The van der Waals surface area contributed by atoms with Gasteiger partial charge >= 0.3 is 5.97 Å². The van der Waals surface area contributed by atoms with Crippen LogP contribution in [0.4, 0.5) is 5.69 Å². The Balaban J connectivity index is 1.69. The summed E-state index contributed by atoms with van der Waals surface area (Å²) in [6.07, 6.45) is 5.26. The van der Waals surface area contributed by atoms with Crippen molar-refractivity contribution in [2.45, 2.75) is 13.8 Å². The zero-order chi connectivity index (χ0) is 20.3. The number of ether oxygens (including phenoxy) is 1. The molecule has 0 aliphatic carbocycles. The Labute approximate surface area is 164 Å². The van der Waals surface area contributed by atoms with Gasteiger partial charge < -0.3 is 9.84 Å². The number of phenolic OH excluding ortho intramolecular Hbond substituents is 1. The van der Waals surface area contributed by atoms with Crippen LogP contribution in [-0.4, -0.2) is 21.0 Å². The van der Waals surface area contributed by atoms with E-state index in [0.29, 0.717) is 0 Å². The van der Waals surface area contributed by atoms with Crippen molar-refractivity contribution in [2.24, 2.45) is 0 Å². The van der Waals surface area contributed by atoms with Gasteiger partial charge in [-0.2, -0.15) is 0 Å². The van der Waals surface area contributed by atoms with Crippen molar-refractivity contribution in [2.75, 3.05) is 0 Å². The van der Waals surface area contributed by atoms with Crippen molar-refractivity contribution in [3.63, 3.8) is 0 Å². The van der Waals surface area contributed by atoms with Crippen LogP contribution in [0.2, 0.25) is 0 Å². The van der Waals surface area contributed by atoms with E-state index in [2.05, 4.69) is 4.98 Å². The summed E-state index contributed by atoms with van der Waals surface area (Å²) in [5.41, 5.74) is 2.42. The van der Waals surface area contributed by atoms with Crippen LogP contribution >= 0.6 is 11.3 Å². The number of nitro groups is 1. The topological polar surface area (TPSA) is 103 Å². The smallest absolute Gasteiger partial charge is 0.372 e. The number of nitrogens with zero attached hydrogens (tertiary/aromatic N) is 2. The molecule has 1 heterocycles. The molecule has 7 nitrogen and oxygen atoms in total. The minimum absolute atomic E-state index is 0.0822. The van der Waals surface area contributed by atoms with Crippen LogP contribution in [0.1, 0.15) is 31.4 Å². The van der Waals surface area contributed by atoms with Crippen LogP contribution < -0.4 is 4.74 Å². The SMILES string of the molecule is Cc1cc(C=Cc2cnc(C(=O)Oc3ccc([N+](=O)[O-])cc3)s2)cc(C)c1O. The maximum Gasteiger partial charge on any atom is 0.372 e. The quantitative estimate of drug-likeness (QED) is 0.289. The molecule has 28 heavy (non-hydrogen) atoms. The van der Waals surface area contributed by atoms with Crippen LogP contribution in [0.3, 0.4) is 0 Å². The Bertz CT molecular complexity index is 1050. The minimum atomic E-state index is -0.630. The van der Waals surface area contributed by atoms with Crippen LogP contribution in [0, 0.1) is 24.0 Å². The summed E-state index contributed by atoms with van der Waals surface area (Å²) in [7, 11) is 0. The first kappa shape index (κ1) is 19.2. The van der Waals surface area contributed by atoms with Crippen molar-refractivity contribution in [3.05, 3.63) is 79.3 Å². The summed E-state index contributed by atoms with van der Waals surface area (Å²) >= 11 is 1.17. The minimum Gasteiger partial charge on any atom is -0.507 e. The molecule has 3 aromatic rings. The molecule has 0 atom stereocenters. The van der Waals surface area contributed by atoms with Crippen LogP contribution in [-0.2, 0) is 0 Å². The number of rotatable bonds is 5. The first-order valence-corrected chi connectivity index (χ1v) is 9.06. The number of phenols is 1. The van der Waals surface area contributed by atoms with Gasteiger partial charge in [-0.25, -0.2) is 9.78 Å². The monoisotopic (exact) mass is 396 g/mol.